The van der Waals surface area contributed by atoms with Crippen LogP contribution in [0, 0.1) is 12.7 Å². The molecule has 2 aromatic rings. The molecule has 2 N–H and O–H groups in total. The van der Waals surface area contributed by atoms with Gasteiger partial charge in [-0.05, 0) is 36.6 Å². The number of carbonyl (C=O) groups excluding carboxylic acids is 1. The molecule has 5 nitrogen and oxygen atoms in total. The van der Waals surface area contributed by atoms with Crippen molar-refractivity contribution >= 4 is 23.2 Å². The summed E-state index contributed by atoms with van der Waals surface area (Å²) in [6, 6.07) is 4.50. The molecule has 1 heterocycles. The zero-order chi connectivity index (χ0) is 15.4. The second-order valence-electron chi connectivity index (χ2n) is 4.42. The predicted octanol–water partition coefficient (Wildman–Crippen LogP) is 2.26. The normalized spacial score (nSPS) is 10.4. The van der Waals surface area contributed by atoms with Crippen LogP contribution in [-0.4, -0.2) is 28.5 Å². The number of aromatic nitrogens is 1. The summed E-state index contributed by atoms with van der Waals surface area (Å²) in [5.74, 6) is -1.86. The van der Waals surface area contributed by atoms with Gasteiger partial charge in [0.1, 0.15) is 5.82 Å². The second kappa shape index (κ2) is 6.45. The van der Waals surface area contributed by atoms with Gasteiger partial charge >= 0.3 is 5.97 Å². The maximum atomic E-state index is 13.0. The molecule has 1 aromatic carbocycles. The Balaban J connectivity index is 1.90. The van der Waals surface area contributed by atoms with Crippen molar-refractivity contribution in [2.75, 3.05) is 6.54 Å². The third-order valence-electron chi connectivity index (χ3n) is 2.90. The zero-order valence-corrected chi connectivity index (χ0v) is 12.0. The Morgan fingerprint density at radius 2 is 2.19 bits per heavy atom. The van der Waals surface area contributed by atoms with Crippen molar-refractivity contribution < 1.29 is 19.1 Å². The Kier molecular flexibility index (Phi) is 4.64. The highest BCUT2D eigenvalue weighted by molar-refractivity contribution is 7.11. The quantitative estimate of drug-likeness (QED) is 0.888. The van der Waals surface area contributed by atoms with Crippen LogP contribution < -0.4 is 5.32 Å². The zero-order valence-electron chi connectivity index (χ0n) is 11.2. The monoisotopic (exact) mass is 308 g/mol. The number of aryl methyl sites for hydroxylation is 1. The van der Waals surface area contributed by atoms with Crippen molar-refractivity contribution in [3.63, 3.8) is 0 Å². The summed E-state index contributed by atoms with van der Waals surface area (Å²) in [6.07, 6.45) is 0.565. The fraction of sp³-hybridized carbons (Fsp3) is 0.214. The minimum Gasteiger partial charge on any atom is -0.476 e. The highest BCUT2D eigenvalue weighted by atomic mass is 32.1. The molecule has 0 radical (unpaired) electrons. The Morgan fingerprint density at radius 1 is 1.43 bits per heavy atom. The van der Waals surface area contributed by atoms with Gasteiger partial charge in [0.05, 0.1) is 0 Å². The van der Waals surface area contributed by atoms with Crippen LogP contribution in [-0.2, 0) is 6.42 Å². The molecule has 1 aromatic heterocycles. The average molecular weight is 308 g/mol. The lowest BCUT2D eigenvalue weighted by molar-refractivity contribution is 0.0691. The summed E-state index contributed by atoms with van der Waals surface area (Å²) in [4.78, 5) is 26.2. The van der Waals surface area contributed by atoms with Crippen LogP contribution in [0.15, 0.2) is 23.6 Å². The van der Waals surface area contributed by atoms with Crippen LogP contribution in [0.1, 0.15) is 31.4 Å². The van der Waals surface area contributed by atoms with Gasteiger partial charge in [-0.15, -0.1) is 11.3 Å². The minimum atomic E-state index is -1.16. The van der Waals surface area contributed by atoms with Crippen LogP contribution in [0.5, 0.6) is 0 Å². The lowest BCUT2D eigenvalue weighted by atomic mass is 10.1. The lowest BCUT2D eigenvalue weighted by Gasteiger charge is -2.06. The van der Waals surface area contributed by atoms with Crippen molar-refractivity contribution in [2.24, 2.45) is 0 Å². The Morgan fingerprint density at radius 3 is 2.81 bits per heavy atom. The number of hydrogen-bond acceptors (Lipinski definition) is 4. The summed E-state index contributed by atoms with van der Waals surface area (Å²) in [5.41, 5.74) is 1.63. The molecule has 7 heteroatoms. The Hall–Kier alpha value is -2.28. The second-order valence-corrected chi connectivity index (χ2v) is 5.28. The molecule has 0 aliphatic carbocycles. The SMILES string of the molecule is Cc1cc(F)ccc1CCNC(=O)c1nc(C(=O)O)cs1. The van der Waals surface area contributed by atoms with Gasteiger partial charge in [0.2, 0.25) is 0 Å². The molecule has 0 unspecified atom stereocenters. The minimum absolute atomic E-state index is 0.114. The van der Waals surface area contributed by atoms with Gasteiger partial charge in [-0.25, -0.2) is 14.2 Å². The van der Waals surface area contributed by atoms with E-state index in [0.717, 1.165) is 22.5 Å². The van der Waals surface area contributed by atoms with Gasteiger partial charge in [0.25, 0.3) is 5.91 Å². The Bertz CT molecular complexity index is 685. The topological polar surface area (TPSA) is 79.3 Å². The number of amides is 1. The number of hydrogen-bond donors (Lipinski definition) is 2. The molecule has 0 spiro atoms. The van der Waals surface area contributed by atoms with E-state index in [1.54, 1.807) is 13.0 Å². The summed E-state index contributed by atoms with van der Waals surface area (Å²) < 4.78 is 13.0. The first-order valence-corrected chi connectivity index (χ1v) is 7.07. The van der Waals surface area contributed by atoms with Crippen molar-refractivity contribution in [3.05, 3.63) is 51.2 Å². The Labute approximate surface area is 124 Å². The van der Waals surface area contributed by atoms with Crippen LogP contribution in [0.3, 0.4) is 0 Å². The van der Waals surface area contributed by atoms with Crippen LogP contribution >= 0.6 is 11.3 Å². The van der Waals surface area contributed by atoms with Crippen molar-refractivity contribution in [3.8, 4) is 0 Å². The molecule has 0 fully saturated rings. The van der Waals surface area contributed by atoms with Crippen LogP contribution in [0.4, 0.5) is 4.39 Å². The fourth-order valence-electron chi connectivity index (χ4n) is 1.80. The van der Waals surface area contributed by atoms with Crippen molar-refractivity contribution in [1.29, 1.82) is 0 Å². The molecule has 0 saturated carbocycles. The molecule has 0 aliphatic heterocycles. The molecule has 2 rings (SSSR count). The van der Waals surface area contributed by atoms with E-state index in [1.165, 1.54) is 17.5 Å². The summed E-state index contributed by atoms with van der Waals surface area (Å²) in [5, 5.41) is 12.8. The number of halogens is 1. The van der Waals surface area contributed by atoms with E-state index in [9.17, 15) is 14.0 Å². The largest absolute Gasteiger partial charge is 0.476 e. The smallest absolute Gasteiger partial charge is 0.355 e. The van der Waals surface area contributed by atoms with E-state index in [4.69, 9.17) is 5.11 Å². The molecule has 21 heavy (non-hydrogen) atoms. The molecule has 0 atom stereocenters. The van der Waals surface area contributed by atoms with Gasteiger partial charge < -0.3 is 10.4 Å². The van der Waals surface area contributed by atoms with Crippen LogP contribution in [0.25, 0.3) is 0 Å². The number of carboxylic acids is 1. The average Bonchev–Trinajstić information content (AvgIpc) is 2.91. The summed E-state index contributed by atoms with van der Waals surface area (Å²) in [7, 11) is 0. The highest BCUT2D eigenvalue weighted by Gasteiger charge is 2.14. The number of thiazole rings is 1. The van der Waals surface area contributed by atoms with E-state index < -0.39 is 11.9 Å². The summed E-state index contributed by atoms with van der Waals surface area (Å²) in [6.45, 7) is 2.17. The van der Waals surface area contributed by atoms with E-state index in [0.29, 0.717) is 13.0 Å². The van der Waals surface area contributed by atoms with E-state index in [1.807, 2.05) is 0 Å². The first kappa shape index (κ1) is 15.1. The van der Waals surface area contributed by atoms with E-state index in [2.05, 4.69) is 10.3 Å². The van der Waals surface area contributed by atoms with Gasteiger partial charge in [0, 0.05) is 11.9 Å². The fourth-order valence-corrected chi connectivity index (χ4v) is 2.51. The number of rotatable bonds is 5. The molecule has 0 bridgehead atoms. The molecule has 110 valence electrons. The lowest BCUT2D eigenvalue weighted by Crippen LogP contribution is -2.25. The summed E-state index contributed by atoms with van der Waals surface area (Å²) >= 11 is 0.984. The number of nitrogens with zero attached hydrogens (tertiary/aromatic N) is 1. The first-order chi connectivity index (χ1) is 9.97. The van der Waals surface area contributed by atoms with E-state index in [-0.39, 0.29) is 16.5 Å². The predicted molar refractivity (Wildman–Crippen MR) is 76.2 cm³/mol. The van der Waals surface area contributed by atoms with Crippen LogP contribution in [0.2, 0.25) is 0 Å². The number of aromatic carboxylic acids is 1. The molecule has 1 amide bonds. The molecular weight excluding hydrogens is 295 g/mol. The van der Waals surface area contributed by atoms with Gasteiger partial charge in [0.15, 0.2) is 10.7 Å². The maximum absolute atomic E-state index is 13.0. The number of benzene rings is 1. The number of nitrogens with one attached hydrogen (secondary N) is 1. The maximum Gasteiger partial charge on any atom is 0.355 e. The first-order valence-electron chi connectivity index (χ1n) is 6.19. The third-order valence-corrected chi connectivity index (χ3v) is 3.74. The molecular formula is C14H13FN2O3S. The van der Waals surface area contributed by atoms with Crippen molar-refractivity contribution in [2.45, 2.75) is 13.3 Å². The molecule has 0 aliphatic rings. The standard InChI is InChI=1S/C14H13FN2O3S/c1-8-6-10(15)3-2-9(8)4-5-16-12(18)13-17-11(7-21-13)14(19)20/h2-3,6-7H,4-5H2,1H3,(H,16,18)(H,19,20). The van der Waals surface area contributed by atoms with E-state index >= 15 is 0 Å². The van der Waals surface area contributed by atoms with Gasteiger partial charge in [-0.1, -0.05) is 6.07 Å². The third kappa shape index (κ3) is 3.85. The number of carbonyl (C=O) groups is 2. The van der Waals surface area contributed by atoms with Gasteiger partial charge in [-0.3, -0.25) is 4.79 Å². The molecule has 0 saturated heterocycles. The van der Waals surface area contributed by atoms with Gasteiger partial charge in [-0.2, -0.15) is 0 Å². The van der Waals surface area contributed by atoms with Crippen molar-refractivity contribution in [1.82, 2.24) is 10.3 Å². The highest BCUT2D eigenvalue weighted by Crippen LogP contribution is 2.11. The number of carboxylic acid groups (broad SMARTS) is 1.